The average Bonchev–Trinajstić information content (AvgIpc) is 3.25. The van der Waals surface area contributed by atoms with E-state index in [2.05, 4.69) is 15.7 Å². The van der Waals surface area contributed by atoms with Crippen LogP contribution in [-0.4, -0.2) is 28.7 Å². The molecule has 3 aromatic carbocycles. The third-order valence-electron chi connectivity index (χ3n) is 4.77. The first-order valence-electron chi connectivity index (χ1n) is 10.0. The second kappa shape index (κ2) is 9.18. The number of aromatic nitrogens is 2. The van der Waals surface area contributed by atoms with Gasteiger partial charge in [-0.3, -0.25) is 9.59 Å². The molecule has 0 aliphatic heterocycles. The van der Waals surface area contributed by atoms with Gasteiger partial charge in [0.25, 0.3) is 5.91 Å². The van der Waals surface area contributed by atoms with Crippen molar-refractivity contribution in [1.82, 2.24) is 9.78 Å². The Bertz CT molecular complexity index is 1250. The summed E-state index contributed by atoms with van der Waals surface area (Å²) in [6.07, 6.45) is 0. The van der Waals surface area contributed by atoms with E-state index in [0.29, 0.717) is 11.4 Å². The van der Waals surface area contributed by atoms with Crippen LogP contribution in [-0.2, 0) is 4.79 Å². The second-order valence-electron chi connectivity index (χ2n) is 7.11. The molecule has 0 unspecified atom stereocenters. The van der Waals surface area contributed by atoms with Crippen molar-refractivity contribution in [2.24, 2.45) is 0 Å². The number of carbonyl (C=O) groups is 2. The number of hydrogen-bond acceptors (Lipinski definition) is 4. The summed E-state index contributed by atoms with van der Waals surface area (Å²) in [4.78, 5) is 24.3. The summed E-state index contributed by atoms with van der Waals surface area (Å²) < 4.78 is 6.99. The zero-order valence-electron chi connectivity index (χ0n) is 17.7. The largest absolute Gasteiger partial charge is 0.497 e. The second-order valence-corrected chi connectivity index (χ2v) is 7.11. The van der Waals surface area contributed by atoms with Crippen molar-refractivity contribution in [2.45, 2.75) is 6.92 Å². The number of hydrogen-bond donors (Lipinski definition) is 2. The zero-order chi connectivity index (χ0) is 22.5. The number of nitrogens with one attached hydrogen (secondary N) is 2. The Labute approximate surface area is 185 Å². The van der Waals surface area contributed by atoms with Crippen LogP contribution < -0.4 is 15.4 Å². The Kier molecular flexibility index (Phi) is 5.98. The lowest BCUT2D eigenvalue weighted by atomic mass is 10.1. The van der Waals surface area contributed by atoms with Crippen LogP contribution in [0.25, 0.3) is 16.9 Å². The van der Waals surface area contributed by atoms with Crippen LogP contribution in [0.4, 0.5) is 11.4 Å². The summed E-state index contributed by atoms with van der Waals surface area (Å²) in [7, 11) is 1.62. The number of nitrogens with zero attached hydrogens (tertiary/aromatic N) is 2. The topological polar surface area (TPSA) is 85.2 Å². The highest BCUT2D eigenvalue weighted by atomic mass is 16.5. The number of benzene rings is 3. The first-order chi connectivity index (χ1) is 15.5. The minimum Gasteiger partial charge on any atom is -0.497 e. The maximum absolute atomic E-state index is 13.0. The molecule has 32 heavy (non-hydrogen) atoms. The predicted octanol–water partition coefficient (Wildman–Crippen LogP) is 4.76. The van der Waals surface area contributed by atoms with Crippen LogP contribution >= 0.6 is 0 Å². The number of anilines is 2. The van der Waals surface area contributed by atoms with Gasteiger partial charge in [-0.25, -0.2) is 4.68 Å². The molecular formula is C25H22N4O3. The van der Waals surface area contributed by atoms with E-state index in [0.717, 1.165) is 22.7 Å². The Morgan fingerprint density at radius 2 is 1.53 bits per heavy atom. The van der Waals surface area contributed by atoms with E-state index < -0.39 is 0 Å². The summed E-state index contributed by atoms with van der Waals surface area (Å²) in [5.41, 5.74) is 3.94. The van der Waals surface area contributed by atoms with Gasteiger partial charge in [-0.15, -0.1) is 0 Å². The highest BCUT2D eigenvalue weighted by molar-refractivity contribution is 6.04. The van der Waals surface area contributed by atoms with Crippen molar-refractivity contribution < 1.29 is 14.3 Å². The smallest absolute Gasteiger partial charge is 0.276 e. The normalized spacial score (nSPS) is 10.4. The molecule has 0 aliphatic rings. The van der Waals surface area contributed by atoms with Crippen LogP contribution in [0, 0.1) is 0 Å². The Morgan fingerprint density at radius 1 is 0.844 bits per heavy atom. The van der Waals surface area contributed by atoms with Gasteiger partial charge in [0.2, 0.25) is 5.91 Å². The fourth-order valence-corrected chi connectivity index (χ4v) is 3.30. The zero-order valence-corrected chi connectivity index (χ0v) is 17.7. The fourth-order valence-electron chi connectivity index (χ4n) is 3.30. The van der Waals surface area contributed by atoms with Crippen LogP contribution in [0.1, 0.15) is 17.4 Å². The van der Waals surface area contributed by atoms with Gasteiger partial charge >= 0.3 is 0 Å². The SMILES string of the molecule is COc1ccc(-c2cc(C(=O)Nc3cccc(NC(C)=O)c3)nn2-c2ccccc2)cc1. The lowest BCUT2D eigenvalue weighted by Crippen LogP contribution is -2.13. The van der Waals surface area contributed by atoms with Crippen LogP contribution in [0.15, 0.2) is 84.9 Å². The van der Waals surface area contributed by atoms with Crippen molar-refractivity contribution in [1.29, 1.82) is 0 Å². The Morgan fingerprint density at radius 3 is 2.19 bits per heavy atom. The van der Waals surface area contributed by atoms with E-state index in [9.17, 15) is 9.59 Å². The molecule has 2 amide bonds. The molecule has 0 saturated heterocycles. The molecule has 0 aliphatic carbocycles. The van der Waals surface area contributed by atoms with Gasteiger partial charge < -0.3 is 15.4 Å². The van der Waals surface area contributed by atoms with E-state index in [1.54, 1.807) is 42.1 Å². The molecule has 0 bridgehead atoms. The lowest BCUT2D eigenvalue weighted by Gasteiger charge is -2.08. The van der Waals surface area contributed by atoms with E-state index >= 15 is 0 Å². The Balaban J connectivity index is 1.68. The van der Waals surface area contributed by atoms with Crippen LogP contribution in [0.3, 0.4) is 0 Å². The molecule has 0 atom stereocenters. The van der Waals surface area contributed by atoms with Gasteiger partial charge in [-0.1, -0.05) is 24.3 Å². The van der Waals surface area contributed by atoms with Gasteiger partial charge in [0.1, 0.15) is 5.75 Å². The molecule has 4 rings (SSSR count). The van der Waals surface area contributed by atoms with Crippen molar-refractivity contribution in [3.8, 4) is 22.7 Å². The summed E-state index contributed by atoms with van der Waals surface area (Å²) in [5, 5.41) is 10.1. The van der Waals surface area contributed by atoms with Crippen molar-refractivity contribution in [2.75, 3.05) is 17.7 Å². The minimum absolute atomic E-state index is 0.181. The molecule has 7 heteroatoms. The van der Waals surface area contributed by atoms with Crippen molar-refractivity contribution in [3.63, 3.8) is 0 Å². The molecule has 0 radical (unpaired) electrons. The molecule has 1 heterocycles. The van der Waals surface area contributed by atoms with Crippen LogP contribution in [0.2, 0.25) is 0 Å². The molecule has 0 saturated carbocycles. The highest BCUT2D eigenvalue weighted by Crippen LogP contribution is 2.26. The summed E-state index contributed by atoms with van der Waals surface area (Å²) in [5.74, 6) is 0.213. The van der Waals surface area contributed by atoms with Gasteiger partial charge in [0.05, 0.1) is 18.5 Å². The number of para-hydroxylation sites is 1. The number of rotatable bonds is 6. The minimum atomic E-state index is -0.352. The molecule has 0 spiro atoms. The predicted molar refractivity (Wildman–Crippen MR) is 124 cm³/mol. The number of carbonyl (C=O) groups excluding carboxylic acids is 2. The molecule has 4 aromatic rings. The number of amides is 2. The quantitative estimate of drug-likeness (QED) is 0.466. The average molecular weight is 426 g/mol. The van der Waals surface area contributed by atoms with Crippen molar-refractivity contribution in [3.05, 3.63) is 90.6 Å². The van der Waals surface area contributed by atoms with Gasteiger partial charge in [0.15, 0.2) is 5.69 Å². The first-order valence-corrected chi connectivity index (χ1v) is 10.0. The molecule has 0 fully saturated rings. The molecule has 1 aromatic heterocycles. The van der Waals surface area contributed by atoms with Crippen molar-refractivity contribution >= 4 is 23.2 Å². The number of methoxy groups -OCH3 is 1. The highest BCUT2D eigenvalue weighted by Gasteiger charge is 2.17. The van der Waals surface area contributed by atoms with E-state index in [1.165, 1.54) is 6.92 Å². The monoisotopic (exact) mass is 426 g/mol. The molecule has 2 N–H and O–H groups in total. The third kappa shape index (κ3) is 4.67. The van der Waals surface area contributed by atoms with E-state index in [1.807, 2.05) is 54.6 Å². The number of ether oxygens (including phenoxy) is 1. The summed E-state index contributed by atoms with van der Waals surface area (Å²) in [6, 6.07) is 25.9. The van der Waals surface area contributed by atoms with Gasteiger partial charge in [-0.05, 0) is 60.7 Å². The van der Waals surface area contributed by atoms with Crippen LogP contribution in [0.5, 0.6) is 5.75 Å². The maximum atomic E-state index is 13.0. The standard InChI is InChI=1S/C25H22N4O3/c1-17(30)26-19-7-6-8-20(15-19)27-25(31)23-16-24(18-11-13-22(32-2)14-12-18)29(28-23)21-9-4-3-5-10-21/h3-16H,1-2H3,(H,26,30)(H,27,31). The fraction of sp³-hybridized carbons (Fsp3) is 0.0800. The molecule has 7 nitrogen and oxygen atoms in total. The van der Waals surface area contributed by atoms with E-state index in [4.69, 9.17) is 4.74 Å². The maximum Gasteiger partial charge on any atom is 0.276 e. The summed E-state index contributed by atoms with van der Waals surface area (Å²) >= 11 is 0. The summed E-state index contributed by atoms with van der Waals surface area (Å²) in [6.45, 7) is 1.43. The Hall–Kier alpha value is -4.39. The van der Waals surface area contributed by atoms with Gasteiger partial charge in [0, 0.05) is 23.9 Å². The molecule has 160 valence electrons. The van der Waals surface area contributed by atoms with E-state index in [-0.39, 0.29) is 17.5 Å². The van der Waals surface area contributed by atoms with Gasteiger partial charge in [-0.2, -0.15) is 5.10 Å². The molecular weight excluding hydrogens is 404 g/mol. The first kappa shape index (κ1) is 20.9. The third-order valence-corrected chi connectivity index (χ3v) is 4.77. The lowest BCUT2D eigenvalue weighted by molar-refractivity contribution is -0.114.